The number of nitrogens with zero attached hydrogens (tertiary/aromatic N) is 2. The van der Waals surface area contributed by atoms with Crippen LogP contribution in [0.25, 0.3) is 11.0 Å². The van der Waals surface area contributed by atoms with Gasteiger partial charge in [0.1, 0.15) is 5.58 Å². The van der Waals surface area contributed by atoms with Crippen LogP contribution in [0.4, 0.5) is 0 Å². The highest BCUT2D eigenvalue weighted by Gasteiger charge is 2.15. The summed E-state index contributed by atoms with van der Waals surface area (Å²) in [4.78, 5) is 24.3. The van der Waals surface area contributed by atoms with Gasteiger partial charge in [0.05, 0.1) is 6.54 Å². The minimum absolute atomic E-state index is 0.0155. The van der Waals surface area contributed by atoms with Crippen LogP contribution in [0.1, 0.15) is 30.4 Å². The van der Waals surface area contributed by atoms with Gasteiger partial charge in [0.25, 0.3) is 0 Å². The molecule has 0 saturated heterocycles. The third-order valence-electron chi connectivity index (χ3n) is 3.44. The summed E-state index contributed by atoms with van der Waals surface area (Å²) in [6.07, 6.45) is 3.32. The molecule has 0 saturated carbocycles. The number of imidazole rings is 1. The number of hydrogen-bond donors (Lipinski definition) is 0. The Balaban J connectivity index is 1.88. The van der Waals surface area contributed by atoms with E-state index in [0.29, 0.717) is 5.58 Å². The van der Waals surface area contributed by atoms with Gasteiger partial charge in [-0.05, 0) is 26.0 Å². The number of benzene rings is 1. The van der Waals surface area contributed by atoms with Crippen molar-refractivity contribution in [1.82, 2.24) is 9.13 Å². The quantitative estimate of drug-likeness (QED) is 0.692. The third kappa shape index (κ3) is 2.42. The first kappa shape index (κ1) is 13.4. The van der Waals surface area contributed by atoms with Crippen LogP contribution >= 0.6 is 0 Å². The number of aromatic nitrogens is 2. The highest BCUT2D eigenvalue weighted by Crippen LogP contribution is 2.19. The van der Waals surface area contributed by atoms with E-state index in [1.165, 1.54) is 4.57 Å². The zero-order chi connectivity index (χ0) is 15.0. The highest BCUT2D eigenvalue weighted by atomic mass is 16.3. The zero-order valence-corrected chi connectivity index (χ0v) is 11.9. The van der Waals surface area contributed by atoms with Crippen LogP contribution in [0.3, 0.4) is 0 Å². The molecule has 2 aromatic heterocycles. The lowest BCUT2D eigenvalue weighted by Gasteiger charge is -2.04. The van der Waals surface area contributed by atoms with Crippen molar-refractivity contribution in [1.29, 1.82) is 0 Å². The van der Waals surface area contributed by atoms with E-state index in [4.69, 9.17) is 4.42 Å². The number of carbonyl (C=O) groups is 1. The Kier molecular flexibility index (Phi) is 3.25. The number of ketones is 1. The first-order chi connectivity index (χ1) is 10.1. The van der Waals surface area contributed by atoms with Crippen molar-refractivity contribution < 1.29 is 9.21 Å². The third-order valence-corrected chi connectivity index (χ3v) is 3.44. The largest absolute Gasteiger partial charge is 0.453 e. The minimum Gasteiger partial charge on any atom is -0.453 e. The second kappa shape index (κ2) is 5.09. The number of fused-ring (bicyclic) bond motifs is 1. The molecule has 21 heavy (non-hydrogen) atoms. The molecule has 3 rings (SSSR count). The minimum atomic E-state index is -0.213. The van der Waals surface area contributed by atoms with Crippen molar-refractivity contribution in [2.24, 2.45) is 0 Å². The van der Waals surface area contributed by atoms with Crippen molar-refractivity contribution in [3.63, 3.8) is 0 Å². The molecule has 0 aliphatic heterocycles. The Morgan fingerprint density at radius 3 is 2.67 bits per heavy atom. The van der Waals surface area contributed by atoms with Gasteiger partial charge in [-0.2, -0.15) is 0 Å². The fourth-order valence-corrected chi connectivity index (χ4v) is 2.29. The Morgan fingerprint density at radius 2 is 2.00 bits per heavy atom. The summed E-state index contributed by atoms with van der Waals surface area (Å²) in [5.41, 5.74) is 0.488. The Bertz CT molecular complexity index is 819. The predicted molar refractivity (Wildman–Crippen MR) is 79.6 cm³/mol. The lowest BCUT2D eigenvalue weighted by molar-refractivity contribution is 0.0945. The van der Waals surface area contributed by atoms with Crippen LogP contribution in [0.5, 0.6) is 0 Å². The molecule has 5 nitrogen and oxygen atoms in total. The van der Waals surface area contributed by atoms with Crippen molar-refractivity contribution in [3.05, 3.63) is 59.0 Å². The second-order valence-corrected chi connectivity index (χ2v) is 5.28. The summed E-state index contributed by atoms with van der Waals surface area (Å²) < 4.78 is 8.51. The Morgan fingerprint density at radius 1 is 1.24 bits per heavy atom. The molecule has 0 radical (unpaired) electrons. The molecule has 0 aliphatic carbocycles. The first-order valence-electron chi connectivity index (χ1n) is 6.85. The van der Waals surface area contributed by atoms with E-state index in [2.05, 4.69) is 0 Å². The maximum atomic E-state index is 12.3. The van der Waals surface area contributed by atoms with Crippen molar-refractivity contribution in [2.45, 2.75) is 26.4 Å². The second-order valence-electron chi connectivity index (χ2n) is 5.28. The van der Waals surface area contributed by atoms with Crippen LogP contribution < -0.4 is 5.69 Å². The normalized spacial score (nSPS) is 11.4. The highest BCUT2D eigenvalue weighted by molar-refractivity contribution is 5.97. The fourth-order valence-electron chi connectivity index (χ4n) is 2.29. The molecule has 1 aromatic carbocycles. The van der Waals surface area contributed by atoms with Crippen molar-refractivity contribution >= 4 is 16.8 Å². The van der Waals surface area contributed by atoms with Crippen LogP contribution in [0, 0.1) is 0 Å². The topological polar surface area (TPSA) is 57.1 Å². The predicted octanol–water partition coefficient (Wildman–Crippen LogP) is 2.86. The van der Waals surface area contributed by atoms with Gasteiger partial charge in [0.15, 0.2) is 5.76 Å². The van der Waals surface area contributed by atoms with E-state index in [0.717, 1.165) is 5.39 Å². The summed E-state index contributed by atoms with van der Waals surface area (Å²) >= 11 is 0. The molecule has 2 heterocycles. The van der Waals surface area contributed by atoms with Gasteiger partial charge >= 0.3 is 5.69 Å². The van der Waals surface area contributed by atoms with Crippen molar-refractivity contribution in [3.8, 4) is 0 Å². The standard InChI is InChI=1S/C16H16N2O3/c1-11(2)18-8-7-17(16(18)20)10-13(19)15-9-12-5-3-4-6-14(12)21-15/h3-9,11H,10H2,1-2H3. The Hall–Kier alpha value is -2.56. The lowest BCUT2D eigenvalue weighted by atomic mass is 10.2. The van der Waals surface area contributed by atoms with Gasteiger partial charge in [0, 0.05) is 23.8 Å². The van der Waals surface area contributed by atoms with Crippen LogP contribution in [-0.4, -0.2) is 14.9 Å². The van der Waals surface area contributed by atoms with E-state index < -0.39 is 0 Å². The van der Waals surface area contributed by atoms with E-state index in [1.54, 1.807) is 23.0 Å². The molecule has 0 amide bonds. The zero-order valence-electron chi connectivity index (χ0n) is 11.9. The van der Waals surface area contributed by atoms with Gasteiger partial charge in [-0.1, -0.05) is 18.2 Å². The molecule has 0 N–H and O–H groups in total. The van der Waals surface area contributed by atoms with E-state index in [-0.39, 0.29) is 29.8 Å². The maximum Gasteiger partial charge on any atom is 0.328 e. The molecule has 3 aromatic rings. The molecule has 5 heteroatoms. The fraction of sp³-hybridized carbons (Fsp3) is 0.250. The SMILES string of the molecule is CC(C)n1ccn(CC(=O)c2cc3ccccc3o2)c1=O. The molecule has 108 valence electrons. The number of Topliss-reactive ketones (excluding diaryl/α,β-unsaturated/α-hetero) is 1. The number of para-hydroxylation sites is 1. The van der Waals surface area contributed by atoms with Gasteiger partial charge in [-0.3, -0.25) is 13.9 Å². The molecule has 0 unspecified atom stereocenters. The molecular formula is C16H16N2O3. The molecule has 0 aliphatic rings. The number of furan rings is 1. The van der Waals surface area contributed by atoms with Gasteiger partial charge < -0.3 is 4.42 Å². The summed E-state index contributed by atoms with van der Waals surface area (Å²) in [6.45, 7) is 3.83. The van der Waals surface area contributed by atoms with Crippen LogP contribution in [0.15, 0.2) is 51.9 Å². The summed E-state index contributed by atoms with van der Waals surface area (Å²) in [6, 6.07) is 9.22. The van der Waals surface area contributed by atoms with E-state index in [9.17, 15) is 9.59 Å². The molecule has 0 atom stereocenters. The van der Waals surface area contributed by atoms with E-state index >= 15 is 0 Å². The first-order valence-corrected chi connectivity index (χ1v) is 6.85. The molecule has 0 fully saturated rings. The summed E-state index contributed by atoms with van der Waals surface area (Å²) in [5, 5.41) is 0.882. The van der Waals surface area contributed by atoms with Gasteiger partial charge in [0.2, 0.25) is 5.78 Å². The monoisotopic (exact) mass is 284 g/mol. The number of carbonyl (C=O) groups excluding carboxylic acids is 1. The molecular weight excluding hydrogens is 268 g/mol. The van der Waals surface area contributed by atoms with Crippen LogP contribution in [0.2, 0.25) is 0 Å². The van der Waals surface area contributed by atoms with Crippen LogP contribution in [-0.2, 0) is 6.54 Å². The van der Waals surface area contributed by atoms with Gasteiger partial charge in [-0.15, -0.1) is 0 Å². The van der Waals surface area contributed by atoms with E-state index in [1.807, 2.05) is 38.1 Å². The molecule has 0 bridgehead atoms. The maximum absolute atomic E-state index is 12.3. The van der Waals surface area contributed by atoms with Gasteiger partial charge in [-0.25, -0.2) is 4.79 Å². The smallest absolute Gasteiger partial charge is 0.328 e. The average Bonchev–Trinajstić information content (AvgIpc) is 3.03. The van der Waals surface area contributed by atoms with Crippen molar-refractivity contribution in [2.75, 3.05) is 0 Å². The number of hydrogen-bond acceptors (Lipinski definition) is 3. The Labute approximate surface area is 121 Å². The lowest BCUT2D eigenvalue weighted by Crippen LogP contribution is -2.27. The average molecular weight is 284 g/mol. The summed E-state index contributed by atoms with van der Waals surface area (Å²) in [7, 11) is 0. The summed E-state index contributed by atoms with van der Waals surface area (Å²) in [5.74, 6) is 0.0650. The number of rotatable bonds is 4. The molecule has 0 spiro atoms.